The van der Waals surface area contributed by atoms with Gasteiger partial charge in [-0.05, 0) is 11.8 Å². The van der Waals surface area contributed by atoms with E-state index in [-0.39, 0.29) is 5.41 Å². The normalized spacial score (nSPS) is 13.0. The number of aliphatic hydroxyl groups excluding tert-OH is 1. The van der Waals surface area contributed by atoms with Crippen LogP contribution in [0.4, 0.5) is 0 Å². The minimum absolute atomic E-state index is 0.0512. The van der Waals surface area contributed by atoms with Crippen molar-refractivity contribution < 1.29 is 14.6 Å². The van der Waals surface area contributed by atoms with Gasteiger partial charge in [-0.1, -0.05) is 118 Å². The van der Waals surface area contributed by atoms with E-state index in [1.54, 1.807) is 0 Å². The maximum absolute atomic E-state index is 11.7. The molecule has 26 heavy (non-hydrogen) atoms. The summed E-state index contributed by atoms with van der Waals surface area (Å²) in [4.78, 5) is 11.7. The van der Waals surface area contributed by atoms with Crippen LogP contribution < -0.4 is 0 Å². The Morgan fingerprint density at radius 2 is 1.15 bits per heavy atom. The molecule has 0 aliphatic heterocycles. The first-order valence-electron chi connectivity index (χ1n) is 11.2. The maximum Gasteiger partial charge on any atom is 0.334 e. The maximum atomic E-state index is 11.7. The zero-order valence-corrected chi connectivity index (χ0v) is 18.2. The summed E-state index contributed by atoms with van der Waals surface area (Å²) in [6, 6.07) is 0. The van der Waals surface area contributed by atoms with Crippen LogP contribution in [-0.2, 0) is 9.53 Å². The highest BCUT2D eigenvalue weighted by atomic mass is 16.5. The predicted molar refractivity (Wildman–Crippen MR) is 111 cm³/mol. The first kappa shape index (κ1) is 25.4. The molecule has 0 aliphatic carbocycles. The monoisotopic (exact) mass is 370 g/mol. The molecule has 0 bridgehead atoms. The van der Waals surface area contributed by atoms with Crippen LogP contribution in [-0.4, -0.2) is 23.8 Å². The number of rotatable bonds is 17. The number of ether oxygens (including phenoxy) is 1. The van der Waals surface area contributed by atoms with Gasteiger partial charge in [0.05, 0.1) is 6.61 Å². The van der Waals surface area contributed by atoms with Crippen LogP contribution in [0.3, 0.4) is 0 Å². The van der Waals surface area contributed by atoms with E-state index in [4.69, 9.17) is 4.74 Å². The van der Waals surface area contributed by atoms with Gasteiger partial charge in [0.2, 0.25) is 0 Å². The first-order chi connectivity index (χ1) is 12.4. The van der Waals surface area contributed by atoms with E-state index >= 15 is 0 Å². The van der Waals surface area contributed by atoms with Crippen LogP contribution in [0.2, 0.25) is 0 Å². The zero-order valence-electron chi connectivity index (χ0n) is 18.2. The highest BCUT2D eigenvalue weighted by Gasteiger charge is 2.19. The van der Waals surface area contributed by atoms with Gasteiger partial charge in [-0.3, -0.25) is 0 Å². The van der Waals surface area contributed by atoms with Crippen molar-refractivity contribution in [3.05, 3.63) is 0 Å². The molecule has 3 heteroatoms. The van der Waals surface area contributed by atoms with Gasteiger partial charge in [0.25, 0.3) is 0 Å². The lowest BCUT2D eigenvalue weighted by Crippen LogP contribution is -2.27. The average Bonchev–Trinajstić information content (AvgIpc) is 2.59. The number of carbonyl (C=O) groups is 1. The molecule has 0 saturated heterocycles. The predicted octanol–water partition coefficient (Wildman–Crippen LogP) is 6.81. The second kappa shape index (κ2) is 16.6. The smallest absolute Gasteiger partial charge is 0.334 e. The molecular formula is C23H46O3. The van der Waals surface area contributed by atoms with Crippen LogP contribution in [0.1, 0.15) is 124 Å². The summed E-state index contributed by atoms with van der Waals surface area (Å²) in [5, 5.41) is 9.83. The number of aliphatic hydroxyl groups is 1. The summed E-state index contributed by atoms with van der Waals surface area (Å²) in [5.74, 6) is -0.463. The van der Waals surface area contributed by atoms with Gasteiger partial charge >= 0.3 is 5.97 Å². The molecular weight excluding hydrogens is 324 g/mol. The Morgan fingerprint density at radius 1 is 0.769 bits per heavy atom. The summed E-state index contributed by atoms with van der Waals surface area (Å²) < 4.78 is 5.15. The largest absolute Gasteiger partial charge is 0.463 e. The van der Waals surface area contributed by atoms with Crippen LogP contribution in [0, 0.1) is 5.41 Å². The Balaban J connectivity index is 3.31. The molecule has 3 nitrogen and oxygen atoms in total. The van der Waals surface area contributed by atoms with E-state index in [9.17, 15) is 9.90 Å². The fraction of sp³-hybridized carbons (Fsp3) is 0.957. The molecule has 0 spiro atoms. The van der Waals surface area contributed by atoms with Gasteiger partial charge in [0, 0.05) is 0 Å². The molecule has 1 N–H and O–H groups in total. The van der Waals surface area contributed by atoms with E-state index in [0.717, 1.165) is 12.8 Å². The lowest BCUT2D eigenvalue weighted by Gasteiger charge is -2.19. The summed E-state index contributed by atoms with van der Waals surface area (Å²) in [7, 11) is 0. The molecule has 0 radical (unpaired) electrons. The van der Waals surface area contributed by atoms with E-state index in [2.05, 4.69) is 6.92 Å². The molecule has 0 fully saturated rings. The third kappa shape index (κ3) is 18.2. The van der Waals surface area contributed by atoms with Gasteiger partial charge < -0.3 is 9.84 Å². The minimum atomic E-state index is -0.949. The number of hydrogen-bond donors (Lipinski definition) is 1. The van der Waals surface area contributed by atoms with Crippen molar-refractivity contribution in [2.45, 2.75) is 130 Å². The van der Waals surface area contributed by atoms with Crippen LogP contribution in [0.5, 0.6) is 0 Å². The third-order valence-corrected chi connectivity index (χ3v) is 4.75. The lowest BCUT2D eigenvalue weighted by molar-refractivity contribution is -0.156. The summed E-state index contributed by atoms with van der Waals surface area (Å²) in [6.45, 7) is 8.67. The van der Waals surface area contributed by atoms with Crippen molar-refractivity contribution in [1.82, 2.24) is 0 Å². The van der Waals surface area contributed by atoms with Gasteiger partial charge in [0.1, 0.15) is 0 Å². The fourth-order valence-corrected chi connectivity index (χ4v) is 3.03. The Bertz CT molecular complexity index is 320. The van der Waals surface area contributed by atoms with Crippen LogP contribution in [0.15, 0.2) is 0 Å². The molecule has 0 aromatic heterocycles. The molecule has 1 unspecified atom stereocenters. The third-order valence-electron chi connectivity index (χ3n) is 4.75. The molecule has 0 amide bonds. The van der Waals surface area contributed by atoms with Crippen molar-refractivity contribution in [2.75, 3.05) is 6.61 Å². The Kier molecular flexibility index (Phi) is 16.2. The molecule has 0 aliphatic rings. The van der Waals surface area contributed by atoms with E-state index in [0.29, 0.717) is 13.0 Å². The minimum Gasteiger partial charge on any atom is -0.463 e. The van der Waals surface area contributed by atoms with Gasteiger partial charge in [0.15, 0.2) is 6.10 Å². The van der Waals surface area contributed by atoms with Crippen molar-refractivity contribution in [1.29, 1.82) is 0 Å². The number of unbranched alkanes of at least 4 members (excludes halogenated alkanes) is 13. The number of hydrogen-bond acceptors (Lipinski definition) is 3. The summed E-state index contributed by atoms with van der Waals surface area (Å²) in [5.41, 5.74) is -0.0512. The molecule has 0 aromatic carbocycles. The lowest BCUT2D eigenvalue weighted by atomic mass is 9.99. The molecule has 156 valence electrons. The molecule has 0 aromatic rings. The van der Waals surface area contributed by atoms with Crippen molar-refractivity contribution in [2.24, 2.45) is 5.41 Å². The SMILES string of the molecule is CCCCCCCCCCCCCCCCC(O)C(=O)OCC(C)(C)C. The Labute approximate surface area is 163 Å². The quantitative estimate of drug-likeness (QED) is 0.226. The van der Waals surface area contributed by atoms with Crippen LogP contribution in [0.25, 0.3) is 0 Å². The summed E-state index contributed by atoms with van der Waals surface area (Å²) >= 11 is 0. The Morgan fingerprint density at radius 3 is 1.54 bits per heavy atom. The fourth-order valence-electron chi connectivity index (χ4n) is 3.03. The molecule has 0 rings (SSSR count). The van der Waals surface area contributed by atoms with Gasteiger partial charge in [-0.2, -0.15) is 0 Å². The average molecular weight is 371 g/mol. The van der Waals surface area contributed by atoms with Gasteiger partial charge in [-0.25, -0.2) is 4.79 Å². The zero-order chi connectivity index (χ0) is 19.7. The molecule has 0 saturated carbocycles. The van der Waals surface area contributed by atoms with Crippen molar-refractivity contribution >= 4 is 5.97 Å². The summed E-state index contributed by atoms with van der Waals surface area (Å²) in [6.07, 6.45) is 17.9. The van der Waals surface area contributed by atoms with Gasteiger partial charge in [-0.15, -0.1) is 0 Å². The molecule has 0 heterocycles. The van der Waals surface area contributed by atoms with Crippen molar-refractivity contribution in [3.63, 3.8) is 0 Å². The van der Waals surface area contributed by atoms with Crippen molar-refractivity contribution in [3.8, 4) is 0 Å². The second-order valence-electron chi connectivity index (χ2n) is 9.07. The Hall–Kier alpha value is -0.570. The van der Waals surface area contributed by atoms with E-state index < -0.39 is 12.1 Å². The van der Waals surface area contributed by atoms with Crippen LogP contribution >= 0.6 is 0 Å². The molecule has 1 atom stereocenters. The highest BCUT2D eigenvalue weighted by molar-refractivity contribution is 5.74. The topological polar surface area (TPSA) is 46.5 Å². The number of carbonyl (C=O) groups excluding carboxylic acids is 1. The second-order valence-corrected chi connectivity index (χ2v) is 9.07. The van der Waals surface area contributed by atoms with E-state index in [1.807, 2.05) is 20.8 Å². The first-order valence-corrected chi connectivity index (χ1v) is 11.2. The highest BCUT2D eigenvalue weighted by Crippen LogP contribution is 2.15. The number of esters is 1. The van der Waals surface area contributed by atoms with E-state index in [1.165, 1.54) is 77.0 Å². The standard InChI is InChI=1S/C23H46O3/c1-5-6-7-8-9-10-11-12-13-14-15-16-17-18-19-21(24)22(25)26-20-23(2,3)4/h21,24H,5-20H2,1-4H3.